The van der Waals surface area contributed by atoms with Crippen LogP contribution in [0.3, 0.4) is 0 Å². The van der Waals surface area contributed by atoms with Gasteiger partial charge in [0, 0.05) is 19.0 Å². The molecule has 0 bridgehead atoms. The molecule has 2 N–H and O–H groups in total. The second-order valence-electron chi connectivity index (χ2n) is 7.07. The fourth-order valence-electron chi connectivity index (χ4n) is 3.07. The van der Waals surface area contributed by atoms with Crippen molar-refractivity contribution in [3.05, 3.63) is 83.9 Å². The average Bonchev–Trinajstić information content (AvgIpc) is 2.82. The molecule has 3 rings (SSSR count). The number of hydrogen-bond acceptors (Lipinski definition) is 5. The summed E-state index contributed by atoms with van der Waals surface area (Å²) in [7, 11) is -0.533. The lowest BCUT2D eigenvalue weighted by molar-refractivity contribution is -0.116. The number of methoxy groups -OCH3 is 2. The number of amides is 1. The highest BCUT2D eigenvalue weighted by Gasteiger charge is 2.14. The predicted octanol–water partition coefficient (Wildman–Crippen LogP) is 3.75. The standard InChI is InChI=1S/C24H26N2O5S/c1-30-20-11-14-22(23(16-20)31-2)26-24(27)15-10-18-8-12-21(13-9-18)32(28,29)25-17-19-6-4-3-5-7-19/h3-9,11-14,16,25H,10,15,17H2,1-2H3,(H,26,27). The Morgan fingerprint density at radius 1 is 0.875 bits per heavy atom. The summed E-state index contributed by atoms with van der Waals surface area (Å²) in [6.45, 7) is 0.222. The molecule has 0 saturated heterocycles. The molecule has 0 aliphatic rings. The number of benzene rings is 3. The molecule has 0 aliphatic carbocycles. The van der Waals surface area contributed by atoms with E-state index in [1.165, 1.54) is 7.11 Å². The number of carbonyl (C=O) groups excluding carboxylic acids is 1. The highest BCUT2D eigenvalue weighted by atomic mass is 32.2. The van der Waals surface area contributed by atoms with Gasteiger partial charge in [-0.25, -0.2) is 13.1 Å². The van der Waals surface area contributed by atoms with E-state index in [0.29, 0.717) is 23.6 Å². The Morgan fingerprint density at radius 2 is 1.59 bits per heavy atom. The Labute approximate surface area is 188 Å². The molecule has 0 atom stereocenters. The molecule has 3 aromatic rings. The summed E-state index contributed by atoms with van der Waals surface area (Å²) >= 11 is 0. The van der Waals surface area contributed by atoms with Gasteiger partial charge in [0.15, 0.2) is 0 Å². The summed E-state index contributed by atoms with van der Waals surface area (Å²) in [5.74, 6) is 0.970. The first kappa shape index (κ1) is 23.3. The molecule has 0 spiro atoms. The topological polar surface area (TPSA) is 93.7 Å². The van der Waals surface area contributed by atoms with Gasteiger partial charge in [-0.1, -0.05) is 42.5 Å². The van der Waals surface area contributed by atoms with E-state index >= 15 is 0 Å². The first-order valence-electron chi connectivity index (χ1n) is 10.1. The molecule has 7 nitrogen and oxygen atoms in total. The summed E-state index contributed by atoms with van der Waals surface area (Å²) in [4.78, 5) is 12.5. The van der Waals surface area contributed by atoms with Crippen molar-refractivity contribution < 1.29 is 22.7 Å². The number of hydrogen-bond donors (Lipinski definition) is 2. The van der Waals surface area contributed by atoms with E-state index in [1.54, 1.807) is 49.6 Å². The molecule has 0 unspecified atom stereocenters. The van der Waals surface area contributed by atoms with Gasteiger partial charge in [-0.2, -0.15) is 0 Å². The minimum atomic E-state index is -3.61. The molecule has 168 valence electrons. The number of anilines is 1. The van der Waals surface area contributed by atoms with Crippen molar-refractivity contribution in [2.45, 2.75) is 24.3 Å². The summed E-state index contributed by atoms with van der Waals surface area (Å²) < 4.78 is 38.0. The molecule has 0 heterocycles. The van der Waals surface area contributed by atoms with Gasteiger partial charge in [-0.3, -0.25) is 4.79 Å². The second-order valence-corrected chi connectivity index (χ2v) is 8.84. The van der Waals surface area contributed by atoms with Gasteiger partial charge >= 0.3 is 0 Å². The number of sulfonamides is 1. The van der Waals surface area contributed by atoms with Crippen molar-refractivity contribution in [2.24, 2.45) is 0 Å². The first-order chi connectivity index (χ1) is 15.4. The Morgan fingerprint density at radius 3 is 2.25 bits per heavy atom. The minimum Gasteiger partial charge on any atom is -0.497 e. The van der Waals surface area contributed by atoms with Crippen LogP contribution >= 0.6 is 0 Å². The lowest BCUT2D eigenvalue weighted by atomic mass is 10.1. The third kappa shape index (κ3) is 6.32. The van der Waals surface area contributed by atoms with E-state index in [2.05, 4.69) is 10.0 Å². The van der Waals surface area contributed by atoms with Crippen molar-refractivity contribution >= 4 is 21.6 Å². The zero-order chi connectivity index (χ0) is 23.0. The average molecular weight is 455 g/mol. The molecule has 8 heteroatoms. The Bertz CT molecular complexity index is 1150. The zero-order valence-electron chi connectivity index (χ0n) is 18.0. The van der Waals surface area contributed by atoms with Crippen molar-refractivity contribution in [3.8, 4) is 11.5 Å². The van der Waals surface area contributed by atoms with E-state index in [4.69, 9.17) is 9.47 Å². The van der Waals surface area contributed by atoms with Crippen LogP contribution < -0.4 is 19.5 Å². The van der Waals surface area contributed by atoms with Crippen LogP contribution in [0.2, 0.25) is 0 Å². The van der Waals surface area contributed by atoms with Gasteiger partial charge in [0.1, 0.15) is 11.5 Å². The normalized spacial score (nSPS) is 11.1. The Balaban J connectivity index is 1.55. The fourth-order valence-corrected chi connectivity index (χ4v) is 4.08. The maximum atomic E-state index is 12.5. The molecule has 0 saturated carbocycles. The molecule has 0 radical (unpaired) electrons. The van der Waals surface area contributed by atoms with Crippen molar-refractivity contribution in [1.82, 2.24) is 4.72 Å². The quantitative estimate of drug-likeness (QED) is 0.487. The van der Waals surface area contributed by atoms with Crippen molar-refractivity contribution in [3.63, 3.8) is 0 Å². The first-order valence-corrected chi connectivity index (χ1v) is 11.5. The minimum absolute atomic E-state index is 0.172. The second kappa shape index (κ2) is 10.8. The molecule has 3 aromatic carbocycles. The van der Waals surface area contributed by atoms with Crippen LogP contribution in [0.4, 0.5) is 5.69 Å². The van der Waals surface area contributed by atoms with E-state index in [1.807, 2.05) is 30.3 Å². The van der Waals surface area contributed by atoms with Crippen LogP contribution in [0.1, 0.15) is 17.5 Å². The van der Waals surface area contributed by atoms with Crippen LogP contribution in [0.5, 0.6) is 11.5 Å². The lowest BCUT2D eigenvalue weighted by Gasteiger charge is -2.12. The molecule has 0 aliphatic heterocycles. The fraction of sp³-hybridized carbons (Fsp3) is 0.208. The molecular formula is C24H26N2O5S. The molecule has 0 aromatic heterocycles. The monoisotopic (exact) mass is 454 g/mol. The maximum absolute atomic E-state index is 12.5. The van der Waals surface area contributed by atoms with E-state index in [-0.39, 0.29) is 23.8 Å². The van der Waals surface area contributed by atoms with Crippen LogP contribution in [0.25, 0.3) is 0 Å². The highest BCUT2D eigenvalue weighted by molar-refractivity contribution is 7.89. The van der Waals surface area contributed by atoms with E-state index in [9.17, 15) is 13.2 Å². The van der Waals surface area contributed by atoms with Gasteiger partial charge in [0.05, 0.1) is 24.8 Å². The van der Waals surface area contributed by atoms with Crippen LogP contribution in [-0.4, -0.2) is 28.5 Å². The number of nitrogens with one attached hydrogen (secondary N) is 2. The lowest BCUT2D eigenvalue weighted by Crippen LogP contribution is -2.23. The summed E-state index contributed by atoms with van der Waals surface area (Å²) in [5.41, 5.74) is 2.31. The third-order valence-electron chi connectivity index (χ3n) is 4.87. The number of rotatable bonds is 10. The van der Waals surface area contributed by atoms with E-state index in [0.717, 1.165) is 11.1 Å². The van der Waals surface area contributed by atoms with E-state index < -0.39 is 10.0 Å². The number of ether oxygens (including phenoxy) is 2. The largest absolute Gasteiger partial charge is 0.497 e. The Kier molecular flexibility index (Phi) is 7.86. The van der Waals surface area contributed by atoms with Crippen molar-refractivity contribution in [1.29, 1.82) is 0 Å². The predicted molar refractivity (Wildman–Crippen MR) is 123 cm³/mol. The third-order valence-corrected chi connectivity index (χ3v) is 6.28. The van der Waals surface area contributed by atoms with Gasteiger partial charge in [-0.05, 0) is 41.8 Å². The van der Waals surface area contributed by atoms with Crippen LogP contribution in [0, 0.1) is 0 Å². The number of aryl methyl sites for hydroxylation is 1. The molecule has 0 fully saturated rings. The SMILES string of the molecule is COc1ccc(NC(=O)CCc2ccc(S(=O)(=O)NCc3ccccc3)cc2)c(OC)c1. The molecular weight excluding hydrogens is 428 g/mol. The highest BCUT2D eigenvalue weighted by Crippen LogP contribution is 2.29. The maximum Gasteiger partial charge on any atom is 0.240 e. The van der Waals surface area contributed by atoms with Crippen LogP contribution in [-0.2, 0) is 27.8 Å². The van der Waals surface area contributed by atoms with Gasteiger partial charge in [-0.15, -0.1) is 0 Å². The summed E-state index contributed by atoms with van der Waals surface area (Å²) in [6, 6.07) is 21.0. The Hall–Kier alpha value is -3.36. The molecule has 32 heavy (non-hydrogen) atoms. The molecule has 1 amide bonds. The van der Waals surface area contributed by atoms with Gasteiger partial charge in [0.25, 0.3) is 0 Å². The summed E-state index contributed by atoms with van der Waals surface area (Å²) in [6.07, 6.45) is 0.718. The number of carbonyl (C=O) groups is 1. The summed E-state index contributed by atoms with van der Waals surface area (Å²) in [5, 5.41) is 2.83. The van der Waals surface area contributed by atoms with Crippen LogP contribution in [0.15, 0.2) is 77.7 Å². The smallest absolute Gasteiger partial charge is 0.240 e. The van der Waals surface area contributed by atoms with Gasteiger partial charge < -0.3 is 14.8 Å². The van der Waals surface area contributed by atoms with Crippen molar-refractivity contribution in [2.75, 3.05) is 19.5 Å². The zero-order valence-corrected chi connectivity index (χ0v) is 18.8. The van der Waals surface area contributed by atoms with Gasteiger partial charge in [0.2, 0.25) is 15.9 Å².